The Kier molecular flexibility index (Phi) is 5.95. The molecule has 1 saturated heterocycles. The summed E-state index contributed by atoms with van der Waals surface area (Å²) in [7, 11) is 0. The van der Waals surface area contributed by atoms with E-state index in [0.29, 0.717) is 17.2 Å². The van der Waals surface area contributed by atoms with E-state index in [1.807, 2.05) is 4.68 Å². The molecule has 1 aliphatic rings. The summed E-state index contributed by atoms with van der Waals surface area (Å²) in [5, 5.41) is 10.8. The van der Waals surface area contributed by atoms with Gasteiger partial charge in [0.15, 0.2) is 0 Å². The first-order valence-electron chi connectivity index (χ1n) is 10.5. The number of hydrogen-bond acceptors (Lipinski definition) is 3. The molecule has 2 N–H and O–H groups in total. The molecule has 156 valence electrons. The van der Waals surface area contributed by atoms with Gasteiger partial charge in [-0.1, -0.05) is 32.0 Å². The zero-order chi connectivity index (χ0) is 21.1. The van der Waals surface area contributed by atoms with Gasteiger partial charge < -0.3 is 10.6 Å². The van der Waals surface area contributed by atoms with Crippen molar-refractivity contribution in [3.8, 4) is 5.69 Å². The molecule has 0 unspecified atom stereocenters. The molecule has 2 heterocycles. The predicted octanol–water partition coefficient (Wildman–Crippen LogP) is 4.85. The number of hydrogen-bond donors (Lipinski definition) is 2. The number of piperidine rings is 1. The van der Waals surface area contributed by atoms with Crippen LogP contribution in [0.1, 0.15) is 60.1 Å². The molecule has 0 bridgehead atoms. The van der Waals surface area contributed by atoms with Crippen LogP contribution in [0, 0.1) is 5.82 Å². The number of nitrogens with one attached hydrogen (secondary N) is 2. The third-order valence-electron chi connectivity index (χ3n) is 5.66. The molecule has 4 rings (SSSR count). The summed E-state index contributed by atoms with van der Waals surface area (Å²) >= 11 is 0. The molecule has 30 heavy (non-hydrogen) atoms. The summed E-state index contributed by atoms with van der Waals surface area (Å²) in [6, 6.07) is 14.3. The minimum absolute atomic E-state index is 0.229. The van der Waals surface area contributed by atoms with E-state index in [2.05, 4.69) is 53.8 Å². The molecule has 1 fully saturated rings. The minimum Gasteiger partial charge on any atom is -0.322 e. The number of nitrogens with zero attached hydrogens (tertiary/aromatic N) is 2. The maximum atomic E-state index is 13.5. The van der Waals surface area contributed by atoms with Gasteiger partial charge in [-0.3, -0.25) is 4.79 Å². The normalized spacial score (nSPS) is 14.8. The quantitative estimate of drug-likeness (QED) is 0.637. The molecule has 5 nitrogen and oxygen atoms in total. The van der Waals surface area contributed by atoms with Gasteiger partial charge >= 0.3 is 0 Å². The highest BCUT2D eigenvalue weighted by Gasteiger charge is 2.27. The molecular formula is C24H27FN4O. The number of amides is 1. The molecular weight excluding hydrogens is 379 g/mol. The molecule has 1 aliphatic heterocycles. The van der Waals surface area contributed by atoms with Gasteiger partial charge in [-0.05, 0) is 67.7 Å². The van der Waals surface area contributed by atoms with E-state index in [9.17, 15) is 9.18 Å². The van der Waals surface area contributed by atoms with Crippen LogP contribution >= 0.6 is 0 Å². The lowest BCUT2D eigenvalue weighted by atomic mass is 9.91. The average molecular weight is 407 g/mol. The van der Waals surface area contributed by atoms with Gasteiger partial charge in [-0.2, -0.15) is 5.10 Å². The maximum Gasteiger partial charge on any atom is 0.259 e. The Morgan fingerprint density at radius 1 is 1.17 bits per heavy atom. The molecule has 0 saturated carbocycles. The van der Waals surface area contributed by atoms with Gasteiger partial charge in [0, 0.05) is 11.6 Å². The Labute approximate surface area is 176 Å². The van der Waals surface area contributed by atoms with Crippen molar-refractivity contribution in [2.75, 3.05) is 18.4 Å². The van der Waals surface area contributed by atoms with E-state index < -0.39 is 0 Å². The van der Waals surface area contributed by atoms with Crippen molar-refractivity contribution < 1.29 is 9.18 Å². The van der Waals surface area contributed by atoms with Gasteiger partial charge in [0.1, 0.15) is 5.82 Å². The highest BCUT2D eigenvalue weighted by Crippen LogP contribution is 2.31. The van der Waals surface area contributed by atoms with Crippen LogP contribution in [0.25, 0.3) is 5.69 Å². The number of halogens is 1. The first kappa shape index (κ1) is 20.3. The van der Waals surface area contributed by atoms with Crippen LogP contribution in [-0.4, -0.2) is 28.8 Å². The van der Waals surface area contributed by atoms with Crippen LogP contribution in [0.2, 0.25) is 0 Å². The highest BCUT2D eigenvalue weighted by atomic mass is 19.1. The summed E-state index contributed by atoms with van der Waals surface area (Å²) < 4.78 is 15.4. The van der Waals surface area contributed by atoms with E-state index in [-0.39, 0.29) is 17.6 Å². The number of aromatic nitrogens is 2. The van der Waals surface area contributed by atoms with Gasteiger partial charge in [0.25, 0.3) is 5.91 Å². The number of carbonyl (C=O) groups excluding carboxylic acids is 1. The second-order valence-electron chi connectivity index (χ2n) is 8.09. The minimum atomic E-state index is -0.382. The molecule has 3 aromatic rings. The average Bonchev–Trinajstić information content (AvgIpc) is 3.20. The van der Waals surface area contributed by atoms with Crippen LogP contribution < -0.4 is 10.6 Å². The number of anilines is 1. The predicted molar refractivity (Wildman–Crippen MR) is 117 cm³/mol. The van der Waals surface area contributed by atoms with E-state index in [1.165, 1.54) is 17.7 Å². The van der Waals surface area contributed by atoms with E-state index in [0.717, 1.165) is 37.3 Å². The molecule has 0 radical (unpaired) electrons. The second kappa shape index (κ2) is 8.79. The zero-order valence-corrected chi connectivity index (χ0v) is 17.4. The highest BCUT2D eigenvalue weighted by molar-refractivity contribution is 6.05. The molecule has 0 atom stereocenters. The fraction of sp³-hybridized carbons (Fsp3) is 0.333. The Morgan fingerprint density at radius 3 is 2.57 bits per heavy atom. The SMILES string of the molecule is CC(C)c1ccc(-n2ncc(C(=O)Nc3cccc(F)c3)c2C2CCNCC2)cc1. The summed E-state index contributed by atoms with van der Waals surface area (Å²) in [5.74, 6) is 0.0338. The van der Waals surface area contributed by atoms with E-state index in [1.54, 1.807) is 18.3 Å². The van der Waals surface area contributed by atoms with Crippen molar-refractivity contribution in [1.29, 1.82) is 0 Å². The van der Waals surface area contributed by atoms with E-state index >= 15 is 0 Å². The van der Waals surface area contributed by atoms with Gasteiger partial charge in [0.2, 0.25) is 0 Å². The third-order valence-corrected chi connectivity index (χ3v) is 5.66. The fourth-order valence-electron chi connectivity index (χ4n) is 3.99. The van der Waals surface area contributed by atoms with Crippen molar-refractivity contribution in [3.63, 3.8) is 0 Å². The van der Waals surface area contributed by atoms with Crippen LogP contribution in [-0.2, 0) is 0 Å². The first-order valence-corrected chi connectivity index (χ1v) is 10.5. The van der Waals surface area contributed by atoms with Crippen LogP contribution in [0.5, 0.6) is 0 Å². The first-order chi connectivity index (χ1) is 14.5. The molecule has 1 amide bonds. The maximum absolute atomic E-state index is 13.5. The van der Waals surface area contributed by atoms with Crippen LogP contribution in [0.15, 0.2) is 54.7 Å². The van der Waals surface area contributed by atoms with Crippen LogP contribution in [0.4, 0.5) is 10.1 Å². The van der Waals surface area contributed by atoms with Crippen LogP contribution in [0.3, 0.4) is 0 Å². The van der Waals surface area contributed by atoms with E-state index in [4.69, 9.17) is 0 Å². The summed E-state index contributed by atoms with van der Waals surface area (Å²) in [6.45, 7) is 6.15. The molecule has 6 heteroatoms. The van der Waals surface area contributed by atoms with Gasteiger partial charge in [-0.15, -0.1) is 0 Å². The van der Waals surface area contributed by atoms with Crippen molar-refractivity contribution in [2.24, 2.45) is 0 Å². The summed E-state index contributed by atoms with van der Waals surface area (Å²) in [6.07, 6.45) is 3.51. The third kappa shape index (κ3) is 4.28. The molecule has 0 spiro atoms. The zero-order valence-electron chi connectivity index (χ0n) is 17.4. The Bertz CT molecular complexity index is 1020. The van der Waals surface area contributed by atoms with Crippen molar-refractivity contribution in [3.05, 3.63) is 77.4 Å². The van der Waals surface area contributed by atoms with Gasteiger partial charge in [-0.25, -0.2) is 9.07 Å². The Balaban J connectivity index is 1.70. The molecule has 1 aromatic heterocycles. The Morgan fingerprint density at radius 2 is 1.90 bits per heavy atom. The smallest absolute Gasteiger partial charge is 0.259 e. The number of benzene rings is 2. The van der Waals surface area contributed by atoms with Crippen molar-refractivity contribution in [1.82, 2.24) is 15.1 Å². The second-order valence-corrected chi connectivity index (χ2v) is 8.09. The van der Waals surface area contributed by atoms with Crippen molar-refractivity contribution in [2.45, 2.75) is 38.5 Å². The standard InChI is InChI=1S/C24H27FN4O/c1-16(2)17-6-8-21(9-7-17)29-23(18-10-12-26-13-11-18)22(15-27-29)24(30)28-20-5-3-4-19(25)14-20/h3-9,14-16,18,26H,10-13H2,1-2H3,(H,28,30). The topological polar surface area (TPSA) is 59.0 Å². The Hall–Kier alpha value is -2.99. The largest absolute Gasteiger partial charge is 0.322 e. The lowest BCUT2D eigenvalue weighted by Gasteiger charge is -2.25. The monoisotopic (exact) mass is 406 g/mol. The van der Waals surface area contributed by atoms with Gasteiger partial charge in [0.05, 0.1) is 23.1 Å². The molecule has 2 aromatic carbocycles. The number of rotatable bonds is 5. The summed E-state index contributed by atoms with van der Waals surface area (Å²) in [4.78, 5) is 13.1. The molecule has 0 aliphatic carbocycles. The number of carbonyl (C=O) groups is 1. The lowest BCUT2D eigenvalue weighted by molar-refractivity contribution is 0.102. The lowest BCUT2D eigenvalue weighted by Crippen LogP contribution is -2.29. The van der Waals surface area contributed by atoms with Crippen molar-refractivity contribution >= 4 is 11.6 Å². The fourth-order valence-corrected chi connectivity index (χ4v) is 3.99. The summed E-state index contributed by atoms with van der Waals surface area (Å²) in [5.41, 5.74) is 4.10.